The number of nitrogens with zero attached hydrogens (tertiary/aromatic N) is 1. The molecule has 29 heavy (non-hydrogen) atoms. The number of amidine groups is 1. The number of hydrogen-bond acceptors (Lipinski definition) is 5. The van der Waals surface area contributed by atoms with E-state index in [1.807, 2.05) is 19.9 Å². The van der Waals surface area contributed by atoms with Crippen LogP contribution >= 0.6 is 35.0 Å². The van der Waals surface area contributed by atoms with Gasteiger partial charge in [-0.05, 0) is 67.1 Å². The lowest BCUT2D eigenvalue weighted by molar-refractivity contribution is -0.115. The number of methoxy groups -OCH3 is 1. The molecule has 1 fully saturated rings. The lowest BCUT2D eigenvalue weighted by atomic mass is 10.1. The lowest BCUT2D eigenvalue weighted by Crippen LogP contribution is -2.19. The van der Waals surface area contributed by atoms with Crippen LogP contribution in [0.25, 0.3) is 6.08 Å². The summed E-state index contributed by atoms with van der Waals surface area (Å²) in [6.07, 6.45) is 2.59. The SMILES string of the molecule is CCC(C)Oc1c(Cl)cc(C=C2SC(=Nc3cccc(Cl)c3)NC2=O)cc1OC. The summed E-state index contributed by atoms with van der Waals surface area (Å²) >= 11 is 13.6. The van der Waals surface area contributed by atoms with Gasteiger partial charge < -0.3 is 14.8 Å². The Morgan fingerprint density at radius 1 is 1.28 bits per heavy atom. The smallest absolute Gasteiger partial charge is 0.264 e. The Morgan fingerprint density at radius 2 is 2.07 bits per heavy atom. The number of benzene rings is 2. The number of carbonyl (C=O) groups excluding carboxylic acids is 1. The first-order valence-electron chi connectivity index (χ1n) is 8.99. The molecule has 1 amide bonds. The molecule has 0 aromatic heterocycles. The van der Waals surface area contributed by atoms with Crippen LogP contribution in [0, 0.1) is 0 Å². The molecule has 2 aromatic carbocycles. The molecular formula is C21H20Cl2N2O3S. The predicted octanol–water partition coefficient (Wildman–Crippen LogP) is 6.07. The maximum absolute atomic E-state index is 12.3. The first-order chi connectivity index (χ1) is 13.9. The number of rotatable bonds is 6. The van der Waals surface area contributed by atoms with Gasteiger partial charge in [-0.1, -0.05) is 36.2 Å². The number of carbonyl (C=O) groups is 1. The van der Waals surface area contributed by atoms with Crippen molar-refractivity contribution in [1.82, 2.24) is 5.32 Å². The van der Waals surface area contributed by atoms with Gasteiger partial charge in [-0.15, -0.1) is 0 Å². The van der Waals surface area contributed by atoms with Crippen molar-refractivity contribution in [2.45, 2.75) is 26.4 Å². The number of halogens is 2. The van der Waals surface area contributed by atoms with Gasteiger partial charge in [0.1, 0.15) is 0 Å². The van der Waals surface area contributed by atoms with Crippen LogP contribution in [-0.4, -0.2) is 24.3 Å². The second-order valence-corrected chi connectivity index (χ2v) is 8.21. The second kappa shape index (κ2) is 9.57. The average molecular weight is 451 g/mol. The zero-order valence-corrected chi connectivity index (χ0v) is 18.5. The molecule has 0 aliphatic carbocycles. The number of amides is 1. The Balaban J connectivity index is 1.86. The molecule has 2 aromatic rings. The summed E-state index contributed by atoms with van der Waals surface area (Å²) in [7, 11) is 1.55. The van der Waals surface area contributed by atoms with Crippen molar-refractivity contribution in [2.75, 3.05) is 7.11 Å². The summed E-state index contributed by atoms with van der Waals surface area (Å²) in [5, 5.41) is 4.24. The van der Waals surface area contributed by atoms with Crippen molar-refractivity contribution in [2.24, 2.45) is 4.99 Å². The predicted molar refractivity (Wildman–Crippen MR) is 121 cm³/mol. The van der Waals surface area contributed by atoms with Crippen LogP contribution < -0.4 is 14.8 Å². The Kier molecular flexibility index (Phi) is 7.11. The van der Waals surface area contributed by atoms with E-state index in [9.17, 15) is 4.79 Å². The van der Waals surface area contributed by atoms with E-state index >= 15 is 0 Å². The number of hydrogen-bond donors (Lipinski definition) is 1. The van der Waals surface area contributed by atoms with E-state index in [1.54, 1.807) is 43.5 Å². The fraction of sp³-hybridized carbons (Fsp3) is 0.238. The van der Waals surface area contributed by atoms with Gasteiger partial charge in [-0.2, -0.15) is 0 Å². The summed E-state index contributed by atoms with van der Waals surface area (Å²) in [6.45, 7) is 3.99. The number of nitrogens with one attached hydrogen (secondary N) is 1. The van der Waals surface area contributed by atoms with E-state index in [-0.39, 0.29) is 12.0 Å². The third-order valence-corrected chi connectivity index (χ3v) is 5.56. The van der Waals surface area contributed by atoms with E-state index in [2.05, 4.69) is 10.3 Å². The highest BCUT2D eigenvalue weighted by molar-refractivity contribution is 8.18. The van der Waals surface area contributed by atoms with Crippen molar-refractivity contribution in [3.8, 4) is 11.5 Å². The summed E-state index contributed by atoms with van der Waals surface area (Å²) in [5.41, 5.74) is 1.39. The lowest BCUT2D eigenvalue weighted by Gasteiger charge is -2.17. The first-order valence-corrected chi connectivity index (χ1v) is 10.6. The summed E-state index contributed by atoms with van der Waals surface area (Å²) < 4.78 is 11.3. The van der Waals surface area contributed by atoms with Crippen LogP contribution in [-0.2, 0) is 4.79 Å². The minimum absolute atomic E-state index is 0.00651. The van der Waals surface area contributed by atoms with E-state index in [1.165, 1.54) is 11.8 Å². The first kappa shape index (κ1) is 21.6. The molecule has 3 rings (SSSR count). The quantitative estimate of drug-likeness (QED) is 0.542. The molecule has 1 N–H and O–H groups in total. The minimum atomic E-state index is -0.231. The fourth-order valence-corrected chi connectivity index (χ4v) is 3.81. The summed E-state index contributed by atoms with van der Waals surface area (Å²) in [5.74, 6) is 0.782. The highest BCUT2D eigenvalue weighted by atomic mass is 35.5. The summed E-state index contributed by atoms with van der Waals surface area (Å²) in [6, 6.07) is 10.6. The van der Waals surface area contributed by atoms with Crippen molar-refractivity contribution in [3.05, 3.63) is 56.9 Å². The van der Waals surface area contributed by atoms with Gasteiger partial charge in [0.15, 0.2) is 16.7 Å². The fourth-order valence-electron chi connectivity index (χ4n) is 2.52. The van der Waals surface area contributed by atoms with Gasteiger partial charge >= 0.3 is 0 Å². The third kappa shape index (κ3) is 5.47. The van der Waals surface area contributed by atoms with Crippen LogP contribution in [0.15, 0.2) is 46.3 Å². The molecule has 0 radical (unpaired) electrons. The van der Waals surface area contributed by atoms with E-state index in [4.69, 9.17) is 32.7 Å². The van der Waals surface area contributed by atoms with Crippen molar-refractivity contribution in [1.29, 1.82) is 0 Å². The van der Waals surface area contributed by atoms with Crippen molar-refractivity contribution in [3.63, 3.8) is 0 Å². The number of thioether (sulfide) groups is 1. The monoisotopic (exact) mass is 450 g/mol. The molecular weight excluding hydrogens is 431 g/mol. The van der Waals surface area contributed by atoms with E-state index in [0.29, 0.717) is 37.3 Å². The highest BCUT2D eigenvalue weighted by Crippen LogP contribution is 2.39. The standard InChI is InChI=1S/C21H20Cl2N2O3S/c1-4-12(2)28-19-16(23)8-13(9-17(19)27-3)10-18-20(26)25-21(29-18)24-15-7-5-6-14(22)11-15/h5-12H,4H2,1-3H3,(H,24,25,26). The van der Waals surface area contributed by atoms with Crippen LogP contribution in [0.2, 0.25) is 10.0 Å². The Bertz CT molecular complexity index is 992. The normalized spacial score (nSPS) is 17.5. The maximum Gasteiger partial charge on any atom is 0.264 e. The van der Waals surface area contributed by atoms with Gasteiger partial charge in [0.05, 0.1) is 28.8 Å². The van der Waals surface area contributed by atoms with Gasteiger partial charge in [0.25, 0.3) is 5.91 Å². The molecule has 1 aliphatic heterocycles. The van der Waals surface area contributed by atoms with Gasteiger partial charge in [-0.25, -0.2) is 4.99 Å². The molecule has 1 saturated heterocycles. The maximum atomic E-state index is 12.3. The highest BCUT2D eigenvalue weighted by Gasteiger charge is 2.24. The number of aliphatic imine (C=N–C) groups is 1. The van der Waals surface area contributed by atoms with Crippen LogP contribution in [0.4, 0.5) is 5.69 Å². The van der Waals surface area contributed by atoms with Gasteiger partial charge in [-0.3, -0.25) is 4.79 Å². The minimum Gasteiger partial charge on any atom is -0.493 e. The van der Waals surface area contributed by atoms with Gasteiger partial charge in [0, 0.05) is 5.02 Å². The molecule has 152 valence electrons. The molecule has 0 saturated carbocycles. The van der Waals surface area contributed by atoms with Crippen molar-refractivity contribution >= 4 is 57.8 Å². The summed E-state index contributed by atoms with van der Waals surface area (Å²) in [4.78, 5) is 17.3. The zero-order chi connectivity index (χ0) is 21.0. The zero-order valence-electron chi connectivity index (χ0n) is 16.2. The molecule has 1 aliphatic rings. The molecule has 5 nitrogen and oxygen atoms in total. The molecule has 1 heterocycles. The Morgan fingerprint density at radius 3 is 2.76 bits per heavy atom. The molecule has 0 bridgehead atoms. The molecule has 0 spiro atoms. The van der Waals surface area contributed by atoms with Crippen LogP contribution in [0.5, 0.6) is 11.5 Å². The topological polar surface area (TPSA) is 59.9 Å². The van der Waals surface area contributed by atoms with Crippen LogP contribution in [0.1, 0.15) is 25.8 Å². The van der Waals surface area contributed by atoms with Crippen molar-refractivity contribution < 1.29 is 14.3 Å². The Hall–Kier alpha value is -2.15. The van der Waals surface area contributed by atoms with Crippen LogP contribution in [0.3, 0.4) is 0 Å². The van der Waals surface area contributed by atoms with Gasteiger partial charge in [0.2, 0.25) is 0 Å². The van der Waals surface area contributed by atoms with E-state index in [0.717, 1.165) is 12.0 Å². The molecule has 1 atom stereocenters. The molecule has 1 unspecified atom stereocenters. The number of ether oxygens (including phenoxy) is 2. The third-order valence-electron chi connectivity index (χ3n) is 4.13. The van der Waals surface area contributed by atoms with E-state index < -0.39 is 0 Å². The Labute approximate surface area is 184 Å². The average Bonchev–Trinajstić information content (AvgIpc) is 3.02. The molecule has 8 heteroatoms. The largest absolute Gasteiger partial charge is 0.493 e. The second-order valence-electron chi connectivity index (χ2n) is 6.33.